The van der Waals surface area contributed by atoms with Gasteiger partial charge in [0, 0.05) is 24.7 Å². The molecule has 84 valence electrons. The predicted molar refractivity (Wildman–Crippen MR) is 64.1 cm³/mol. The van der Waals surface area contributed by atoms with Crippen molar-refractivity contribution in [1.82, 2.24) is 4.57 Å². The molecule has 1 N–H and O–H groups in total. The third-order valence-electron chi connectivity index (χ3n) is 2.49. The zero-order valence-electron chi connectivity index (χ0n) is 8.82. The molecule has 0 unspecified atom stereocenters. The summed E-state index contributed by atoms with van der Waals surface area (Å²) in [6.07, 6.45) is 1.60. The molecule has 0 spiro atoms. The van der Waals surface area contributed by atoms with Gasteiger partial charge in [0.25, 0.3) is 0 Å². The van der Waals surface area contributed by atoms with E-state index in [1.165, 1.54) is 0 Å². The number of carboxylic acids is 1. The van der Waals surface area contributed by atoms with E-state index in [9.17, 15) is 4.79 Å². The normalized spacial score (nSPS) is 10.7. The summed E-state index contributed by atoms with van der Waals surface area (Å²) in [4.78, 5) is 11.0. The third kappa shape index (κ3) is 1.57. The summed E-state index contributed by atoms with van der Waals surface area (Å²) in [5.41, 5.74) is 1.12. The van der Waals surface area contributed by atoms with Crippen LogP contribution in [0.25, 0.3) is 10.9 Å². The van der Waals surface area contributed by atoms with Gasteiger partial charge in [-0.25, -0.2) is 4.79 Å². The fourth-order valence-electron chi connectivity index (χ4n) is 1.71. The first-order valence-corrected chi connectivity index (χ1v) is 5.39. The molecule has 0 aliphatic carbocycles. The van der Waals surface area contributed by atoms with Crippen molar-refractivity contribution < 1.29 is 14.6 Å². The number of aryl methyl sites for hydroxylation is 1. The lowest BCUT2D eigenvalue weighted by molar-refractivity contribution is 0.0699. The van der Waals surface area contributed by atoms with Gasteiger partial charge < -0.3 is 14.4 Å². The number of rotatable bonds is 2. The molecule has 5 heteroatoms. The Hall–Kier alpha value is -1.49. The van der Waals surface area contributed by atoms with E-state index in [2.05, 4.69) is 15.9 Å². The van der Waals surface area contributed by atoms with E-state index >= 15 is 0 Å². The van der Waals surface area contributed by atoms with Crippen LogP contribution in [-0.4, -0.2) is 22.8 Å². The number of aromatic nitrogens is 1. The van der Waals surface area contributed by atoms with Crippen molar-refractivity contribution in [1.29, 1.82) is 0 Å². The van der Waals surface area contributed by atoms with Crippen LogP contribution in [-0.2, 0) is 7.05 Å². The Labute approximate surface area is 101 Å². The molecule has 16 heavy (non-hydrogen) atoms. The van der Waals surface area contributed by atoms with Gasteiger partial charge in [0.15, 0.2) is 0 Å². The highest BCUT2D eigenvalue weighted by Crippen LogP contribution is 2.32. The summed E-state index contributed by atoms with van der Waals surface area (Å²) in [7, 11) is 3.38. The summed E-state index contributed by atoms with van der Waals surface area (Å²) >= 11 is 3.34. The van der Waals surface area contributed by atoms with Gasteiger partial charge in [-0.1, -0.05) is 0 Å². The Morgan fingerprint density at radius 1 is 1.50 bits per heavy atom. The van der Waals surface area contributed by atoms with Crippen LogP contribution in [0.4, 0.5) is 0 Å². The maximum Gasteiger partial charge on any atom is 0.337 e. The van der Waals surface area contributed by atoms with Crippen molar-refractivity contribution >= 4 is 32.8 Å². The topological polar surface area (TPSA) is 51.5 Å². The quantitative estimate of drug-likeness (QED) is 0.922. The fourth-order valence-corrected chi connectivity index (χ4v) is 2.22. The number of hydrogen-bond acceptors (Lipinski definition) is 2. The predicted octanol–water partition coefficient (Wildman–Crippen LogP) is 2.65. The lowest BCUT2D eigenvalue weighted by Gasteiger charge is -2.04. The molecule has 1 aromatic carbocycles. The average molecular weight is 284 g/mol. The number of fused-ring (bicyclic) bond motifs is 1. The summed E-state index contributed by atoms with van der Waals surface area (Å²) in [6.45, 7) is 0. The van der Waals surface area contributed by atoms with Crippen LogP contribution in [0.3, 0.4) is 0 Å². The first-order chi connectivity index (χ1) is 7.54. The minimum absolute atomic E-state index is 0.292. The molecule has 0 saturated carbocycles. The molecule has 2 rings (SSSR count). The minimum Gasteiger partial charge on any atom is -0.495 e. The van der Waals surface area contributed by atoms with Crippen LogP contribution < -0.4 is 4.74 Å². The SMILES string of the molecule is COc1cc2c(cc1Br)c(C(=O)O)cn2C. The lowest BCUT2D eigenvalue weighted by atomic mass is 10.2. The largest absolute Gasteiger partial charge is 0.495 e. The highest BCUT2D eigenvalue weighted by atomic mass is 79.9. The van der Waals surface area contributed by atoms with Gasteiger partial charge in [0.1, 0.15) is 5.75 Å². The van der Waals surface area contributed by atoms with Crippen molar-refractivity contribution in [3.05, 3.63) is 28.4 Å². The van der Waals surface area contributed by atoms with Crippen LogP contribution in [0, 0.1) is 0 Å². The van der Waals surface area contributed by atoms with Crippen molar-refractivity contribution in [3.8, 4) is 5.75 Å². The van der Waals surface area contributed by atoms with Crippen LogP contribution in [0.2, 0.25) is 0 Å². The number of carbonyl (C=O) groups is 1. The molecule has 0 fully saturated rings. The maximum atomic E-state index is 11.0. The van der Waals surface area contributed by atoms with Crippen LogP contribution in [0.5, 0.6) is 5.75 Å². The zero-order chi connectivity index (χ0) is 11.9. The lowest BCUT2D eigenvalue weighted by Crippen LogP contribution is -1.94. The molecule has 0 aliphatic rings. The molecular weight excluding hydrogens is 274 g/mol. The number of hydrogen-bond donors (Lipinski definition) is 1. The van der Waals surface area contributed by atoms with Crippen molar-refractivity contribution in [2.75, 3.05) is 7.11 Å². The van der Waals surface area contributed by atoms with E-state index < -0.39 is 5.97 Å². The zero-order valence-corrected chi connectivity index (χ0v) is 10.4. The summed E-state index contributed by atoms with van der Waals surface area (Å²) < 4.78 is 7.69. The Bertz CT molecular complexity index is 574. The number of nitrogens with zero attached hydrogens (tertiary/aromatic N) is 1. The van der Waals surface area contributed by atoms with E-state index in [0.717, 1.165) is 9.99 Å². The van der Waals surface area contributed by atoms with Crippen molar-refractivity contribution in [3.63, 3.8) is 0 Å². The maximum absolute atomic E-state index is 11.0. The number of halogens is 1. The molecule has 0 aliphatic heterocycles. The molecule has 0 amide bonds. The summed E-state index contributed by atoms with van der Waals surface area (Å²) in [5.74, 6) is -0.242. The average Bonchev–Trinajstić information content (AvgIpc) is 2.54. The van der Waals surface area contributed by atoms with Crippen molar-refractivity contribution in [2.45, 2.75) is 0 Å². The highest BCUT2D eigenvalue weighted by Gasteiger charge is 2.15. The van der Waals surface area contributed by atoms with Crippen LogP contribution in [0.15, 0.2) is 22.8 Å². The first-order valence-electron chi connectivity index (χ1n) is 4.60. The molecule has 0 radical (unpaired) electrons. The van der Waals surface area contributed by atoms with Gasteiger partial charge >= 0.3 is 5.97 Å². The fraction of sp³-hybridized carbons (Fsp3) is 0.182. The van der Waals surface area contributed by atoms with E-state index in [-0.39, 0.29) is 0 Å². The number of ether oxygens (including phenoxy) is 1. The first kappa shape index (κ1) is 11.0. The second-order valence-corrected chi connectivity index (χ2v) is 4.32. The number of benzene rings is 1. The monoisotopic (exact) mass is 283 g/mol. The van der Waals surface area contributed by atoms with E-state index in [1.807, 2.05) is 13.1 Å². The standard InChI is InChI=1S/C11H10BrNO3/c1-13-5-7(11(14)15)6-3-8(12)10(16-2)4-9(6)13/h3-5H,1-2H3,(H,14,15). The highest BCUT2D eigenvalue weighted by molar-refractivity contribution is 9.10. The van der Waals surface area contributed by atoms with Crippen LogP contribution >= 0.6 is 15.9 Å². The van der Waals surface area contributed by atoms with Crippen LogP contribution in [0.1, 0.15) is 10.4 Å². The summed E-state index contributed by atoms with van der Waals surface area (Å²) in [5, 5.41) is 9.75. The number of carboxylic acid groups (broad SMARTS) is 1. The molecule has 0 bridgehead atoms. The Kier molecular flexibility index (Phi) is 2.63. The molecular formula is C11H10BrNO3. The van der Waals surface area contributed by atoms with Gasteiger partial charge in [-0.05, 0) is 22.0 Å². The Morgan fingerprint density at radius 2 is 2.19 bits per heavy atom. The smallest absolute Gasteiger partial charge is 0.337 e. The van der Waals surface area contributed by atoms with Gasteiger partial charge in [0.05, 0.1) is 22.7 Å². The van der Waals surface area contributed by atoms with Gasteiger partial charge in [-0.3, -0.25) is 0 Å². The molecule has 0 atom stereocenters. The minimum atomic E-state index is -0.928. The van der Waals surface area contributed by atoms with Gasteiger partial charge in [-0.2, -0.15) is 0 Å². The second kappa shape index (κ2) is 3.83. The molecule has 4 nitrogen and oxygen atoms in total. The van der Waals surface area contributed by atoms with E-state index in [1.54, 1.807) is 23.9 Å². The molecule has 0 saturated heterocycles. The third-order valence-corrected chi connectivity index (χ3v) is 3.11. The molecule has 2 aromatic rings. The molecule has 1 heterocycles. The Morgan fingerprint density at radius 3 is 2.75 bits per heavy atom. The number of methoxy groups -OCH3 is 1. The van der Waals surface area contributed by atoms with E-state index in [4.69, 9.17) is 9.84 Å². The number of aromatic carboxylic acids is 1. The summed E-state index contributed by atoms with van der Waals surface area (Å²) in [6, 6.07) is 3.57. The van der Waals surface area contributed by atoms with E-state index in [0.29, 0.717) is 16.7 Å². The van der Waals surface area contributed by atoms with Crippen molar-refractivity contribution in [2.24, 2.45) is 7.05 Å². The van der Waals surface area contributed by atoms with Gasteiger partial charge in [-0.15, -0.1) is 0 Å². The van der Waals surface area contributed by atoms with Gasteiger partial charge in [0.2, 0.25) is 0 Å². The molecule has 1 aromatic heterocycles. The Balaban J connectivity index is 2.82. The second-order valence-electron chi connectivity index (χ2n) is 3.46.